The van der Waals surface area contributed by atoms with Crippen molar-refractivity contribution in [1.29, 1.82) is 0 Å². The van der Waals surface area contributed by atoms with Gasteiger partial charge in [-0.3, -0.25) is 9.59 Å². The number of ether oxygens (including phenoxy) is 4. The molecular weight excluding hydrogens is 452 g/mol. The molecule has 1 fully saturated rings. The Kier molecular flexibility index (Phi) is 7.11. The first-order valence-corrected chi connectivity index (χ1v) is 11.9. The van der Waals surface area contributed by atoms with E-state index in [1.54, 1.807) is 18.2 Å². The summed E-state index contributed by atoms with van der Waals surface area (Å²) in [4.78, 5) is 24.3. The molecule has 0 saturated carbocycles. The van der Waals surface area contributed by atoms with E-state index in [1.807, 2.05) is 0 Å². The molecule has 11 heteroatoms. The zero-order chi connectivity index (χ0) is 23.3. The number of nitrogens with zero attached hydrogens (tertiary/aromatic N) is 1. The van der Waals surface area contributed by atoms with Gasteiger partial charge in [-0.2, -0.15) is 4.31 Å². The summed E-state index contributed by atoms with van der Waals surface area (Å²) in [6.45, 7) is 1.80. The van der Waals surface area contributed by atoms with Crippen molar-refractivity contribution in [2.24, 2.45) is 0 Å². The Labute approximate surface area is 191 Å². The highest BCUT2D eigenvalue weighted by Gasteiger charge is 2.26. The Morgan fingerprint density at radius 3 is 2.36 bits per heavy atom. The third-order valence-corrected chi connectivity index (χ3v) is 6.98. The smallest absolute Gasteiger partial charge is 0.310 e. The topological polar surface area (TPSA) is 120 Å². The van der Waals surface area contributed by atoms with Crippen LogP contribution >= 0.6 is 0 Å². The van der Waals surface area contributed by atoms with Crippen LogP contribution < -0.4 is 14.8 Å². The van der Waals surface area contributed by atoms with Gasteiger partial charge in [0, 0.05) is 18.8 Å². The van der Waals surface area contributed by atoms with Crippen molar-refractivity contribution >= 4 is 27.6 Å². The van der Waals surface area contributed by atoms with Gasteiger partial charge >= 0.3 is 5.97 Å². The number of rotatable bonds is 7. The van der Waals surface area contributed by atoms with Crippen molar-refractivity contribution in [2.45, 2.75) is 11.3 Å². The highest BCUT2D eigenvalue weighted by atomic mass is 32.2. The molecule has 0 unspecified atom stereocenters. The van der Waals surface area contributed by atoms with E-state index >= 15 is 0 Å². The molecule has 1 N–H and O–H groups in total. The van der Waals surface area contributed by atoms with Crippen LogP contribution in [0.15, 0.2) is 47.4 Å². The molecule has 0 bridgehead atoms. The predicted molar refractivity (Wildman–Crippen MR) is 117 cm³/mol. The number of morpholine rings is 1. The van der Waals surface area contributed by atoms with E-state index in [-0.39, 0.29) is 11.3 Å². The fraction of sp³-hybridized carbons (Fsp3) is 0.364. The van der Waals surface area contributed by atoms with Gasteiger partial charge in [-0.25, -0.2) is 8.42 Å². The minimum Gasteiger partial charge on any atom is -0.486 e. The summed E-state index contributed by atoms with van der Waals surface area (Å²) in [6.07, 6.45) is -0.0159. The van der Waals surface area contributed by atoms with Crippen LogP contribution in [0, 0.1) is 0 Å². The maximum absolute atomic E-state index is 12.6. The molecule has 1 amide bonds. The van der Waals surface area contributed by atoms with Crippen molar-refractivity contribution in [2.75, 3.05) is 51.4 Å². The zero-order valence-electron chi connectivity index (χ0n) is 17.8. The first-order chi connectivity index (χ1) is 15.9. The molecule has 0 radical (unpaired) electrons. The van der Waals surface area contributed by atoms with Crippen molar-refractivity contribution in [3.63, 3.8) is 0 Å². The highest BCUT2D eigenvalue weighted by molar-refractivity contribution is 7.89. The summed E-state index contributed by atoms with van der Waals surface area (Å²) in [7, 11) is -3.61. The number of nitrogens with one attached hydrogen (secondary N) is 1. The van der Waals surface area contributed by atoms with Crippen LogP contribution in [0.2, 0.25) is 0 Å². The summed E-state index contributed by atoms with van der Waals surface area (Å²) in [6, 6.07) is 11.0. The SMILES string of the molecule is O=C(COC(=O)Cc1ccc2c(c1)OCCO2)Nc1ccc(S(=O)(=O)N2CCOCC2)cc1. The lowest BCUT2D eigenvalue weighted by Crippen LogP contribution is -2.40. The van der Waals surface area contributed by atoms with Crippen LogP contribution in [0.4, 0.5) is 5.69 Å². The average molecular weight is 477 g/mol. The van der Waals surface area contributed by atoms with Crippen LogP contribution in [0.25, 0.3) is 0 Å². The number of anilines is 1. The molecule has 0 aromatic heterocycles. The Hall–Kier alpha value is -3.15. The van der Waals surface area contributed by atoms with Crippen LogP contribution in [-0.4, -0.2) is 70.7 Å². The van der Waals surface area contributed by atoms with Crippen molar-refractivity contribution in [1.82, 2.24) is 4.31 Å². The molecule has 2 heterocycles. The van der Waals surface area contributed by atoms with Crippen LogP contribution in [0.3, 0.4) is 0 Å². The van der Waals surface area contributed by atoms with Gasteiger partial charge < -0.3 is 24.3 Å². The van der Waals surface area contributed by atoms with Gasteiger partial charge in [-0.05, 0) is 42.0 Å². The molecular formula is C22H24N2O8S. The van der Waals surface area contributed by atoms with E-state index < -0.39 is 28.5 Å². The molecule has 2 aromatic carbocycles. The molecule has 2 aromatic rings. The lowest BCUT2D eigenvalue weighted by molar-refractivity contribution is -0.146. The standard InChI is InChI=1S/C22H24N2O8S/c25-21(15-32-22(26)14-16-1-6-19-20(13-16)31-12-11-30-19)23-17-2-4-18(5-3-17)33(27,28)24-7-9-29-10-8-24/h1-6,13H,7-12,14-15H2,(H,23,25). The van der Waals surface area contributed by atoms with E-state index in [0.29, 0.717) is 62.3 Å². The normalized spacial score (nSPS) is 16.1. The lowest BCUT2D eigenvalue weighted by atomic mass is 10.1. The Morgan fingerprint density at radius 2 is 1.64 bits per heavy atom. The van der Waals surface area contributed by atoms with Crippen LogP contribution in [0.5, 0.6) is 11.5 Å². The number of hydrogen-bond acceptors (Lipinski definition) is 8. The van der Waals surface area contributed by atoms with Gasteiger partial charge in [0.2, 0.25) is 10.0 Å². The molecule has 0 atom stereocenters. The summed E-state index contributed by atoms with van der Waals surface area (Å²) >= 11 is 0. The minimum atomic E-state index is -3.61. The second-order valence-electron chi connectivity index (χ2n) is 7.40. The highest BCUT2D eigenvalue weighted by Crippen LogP contribution is 2.30. The van der Waals surface area contributed by atoms with E-state index in [0.717, 1.165) is 0 Å². The van der Waals surface area contributed by atoms with Gasteiger partial charge in [0.1, 0.15) is 13.2 Å². The largest absolute Gasteiger partial charge is 0.486 e. The second kappa shape index (κ2) is 10.2. The summed E-state index contributed by atoms with van der Waals surface area (Å²) in [5.74, 6) is 0.105. The van der Waals surface area contributed by atoms with Gasteiger partial charge in [0.25, 0.3) is 5.91 Å². The molecule has 0 aliphatic carbocycles. The number of carbonyl (C=O) groups is 2. The fourth-order valence-corrected chi connectivity index (χ4v) is 4.81. The Bertz CT molecular complexity index is 1110. The monoisotopic (exact) mass is 476 g/mol. The molecule has 176 valence electrons. The predicted octanol–water partition coefficient (Wildman–Crippen LogP) is 1.20. The molecule has 4 rings (SSSR count). The number of carbonyl (C=O) groups excluding carboxylic acids is 2. The van der Waals surface area contributed by atoms with Crippen LogP contribution in [0.1, 0.15) is 5.56 Å². The molecule has 2 aliphatic rings. The Balaban J connectivity index is 1.26. The third-order valence-electron chi connectivity index (χ3n) is 5.07. The van der Waals surface area contributed by atoms with E-state index in [2.05, 4.69) is 5.32 Å². The zero-order valence-corrected chi connectivity index (χ0v) is 18.6. The van der Waals surface area contributed by atoms with Gasteiger partial charge in [0.05, 0.1) is 24.5 Å². The number of amides is 1. The van der Waals surface area contributed by atoms with E-state index in [1.165, 1.54) is 28.6 Å². The van der Waals surface area contributed by atoms with Crippen LogP contribution in [-0.2, 0) is 35.5 Å². The maximum Gasteiger partial charge on any atom is 0.310 e. The fourth-order valence-electron chi connectivity index (χ4n) is 3.40. The number of esters is 1. The summed E-state index contributed by atoms with van der Waals surface area (Å²) in [5, 5.41) is 2.58. The lowest BCUT2D eigenvalue weighted by Gasteiger charge is -2.26. The van der Waals surface area contributed by atoms with Gasteiger partial charge in [0.15, 0.2) is 18.1 Å². The van der Waals surface area contributed by atoms with Crippen molar-refractivity contribution in [3.05, 3.63) is 48.0 Å². The van der Waals surface area contributed by atoms with Crippen molar-refractivity contribution in [3.8, 4) is 11.5 Å². The van der Waals surface area contributed by atoms with E-state index in [9.17, 15) is 18.0 Å². The minimum absolute atomic E-state index is 0.0159. The number of hydrogen-bond donors (Lipinski definition) is 1. The second-order valence-corrected chi connectivity index (χ2v) is 9.34. The molecule has 10 nitrogen and oxygen atoms in total. The van der Waals surface area contributed by atoms with Gasteiger partial charge in [-0.1, -0.05) is 6.07 Å². The molecule has 33 heavy (non-hydrogen) atoms. The first-order valence-electron chi connectivity index (χ1n) is 10.4. The number of sulfonamides is 1. The quantitative estimate of drug-likeness (QED) is 0.592. The molecule has 0 spiro atoms. The molecule has 1 saturated heterocycles. The maximum atomic E-state index is 12.6. The Morgan fingerprint density at radius 1 is 0.939 bits per heavy atom. The number of benzene rings is 2. The van der Waals surface area contributed by atoms with Crippen molar-refractivity contribution < 1.29 is 37.0 Å². The molecule has 2 aliphatic heterocycles. The van der Waals surface area contributed by atoms with Gasteiger partial charge in [-0.15, -0.1) is 0 Å². The summed E-state index contributed by atoms with van der Waals surface area (Å²) < 4.78 is 47.8. The summed E-state index contributed by atoms with van der Waals surface area (Å²) in [5.41, 5.74) is 1.07. The average Bonchev–Trinajstić information content (AvgIpc) is 2.83. The third kappa shape index (κ3) is 5.81. The number of fused-ring (bicyclic) bond motifs is 1. The first kappa shape index (κ1) is 23.0. The van der Waals surface area contributed by atoms with E-state index in [4.69, 9.17) is 18.9 Å².